The van der Waals surface area contributed by atoms with Gasteiger partial charge in [-0.15, -0.1) is 0 Å². The summed E-state index contributed by atoms with van der Waals surface area (Å²) in [7, 11) is -3.10. The standard InChI is InChI=1S/C35H39Cl2N5O4S/c1-5-46-30-21-26(20-27(22-30)35(2,3)23-38)33-39-31(24-6-10-28(36)11-7-24)32(25-8-12-29(37)13-9-25)42(33)34(43)41-16-14-40(15-17-41)18-19-47(4,44)45/h6-13,20-22,31-32H,5,14-19H2,1-4H3/t31-,32+/m0/s1. The molecule has 2 atom stereocenters. The van der Waals surface area contributed by atoms with Crippen LogP contribution in [0.4, 0.5) is 4.79 Å². The lowest BCUT2D eigenvalue weighted by atomic mass is 9.85. The zero-order chi connectivity index (χ0) is 33.9. The maximum atomic E-state index is 14.8. The van der Waals surface area contributed by atoms with Crippen LogP contribution in [0.1, 0.15) is 55.1 Å². The van der Waals surface area contributed by atoms with Crippen LogP contribution in [0.3, 0.4) is 0 Å². The Morgan fingerprint density at radius 3 is 2.13 bits per heavy atom. The first-order chi connectivity index (χ1) is 22.3. The number of aliphatic imine (C=N–C) groups is 1. The first-order valence-corrected chi connectivity index (χ1v) is 18.4. The number of urea groups is 1. The second-order valence-corrected chi connectivity index (χ2v) is 15.6. The van der Waals surface area contributed by atoms with Crippen molar-refractivity contribution in [2.75, 3.05) is 51.3 Å². The van der Waals surface area contributed by atoms with Gasteiger partial charge in [0.2, 0.25) is 0 Å². The Balaban J connectivity index is 1.62. The number of piperazine rings is 1. The van der Waals surface area contributed by atoms with Crippen molar-refractivity contribution in [3.05, 3.63) is 99.0 Å². The van der Waals surface area contributed by atoms with Gasteiger partial charge in [0.25, 0.3) is 0 Å². The third-order valence-electron chi connectivity index (χ3n) is 8.59. The van der Waals surface area contributed by atoms with Crippen LogP contribution in [0.15, 0.2) is 71.7 Å². The summed E-state index contributed by atoms with van der Waals surface area (Å²) in [5.41, 5.74) is 2.31. The molecule has 0 unspecified atom stereocenters. The molecule has 47 heavy (non-hydrogen) atoms. The van der Waals surface area contributed by atoms with E-state index in [9.17, 15) is 18.5 Å². The summed E-state index contributed by atoms with van der Waals surface area (Å²) in [6, 6.07) is 21.7. The van der Waals surface area contributed by atoms with Gasteiger partial charge in [0.1, 0.15) is 27.5 Å². The van der Waals surface area contributed by atoms with Crippen LogP contribution in [0, 0.1) is 11.3 Å². The smallest absolute Gasteiger partial charge is 0.326 e. The first-order valence-electron chi connectivity index (χ1n) is 15.6. The van der Waals surface area contributed by atoms with Gasteiger partial charge in [0, 0.05) is 54.6 Å². The van der Waals surface area contributed by atoms with E-state index in [4.69, 9.17) is 32.9 Å². The van der Waals surface area contributed by atoms with Gasteiger partial charge in [0.15, 0.2) is 0 Å². The van der Waals surface area contributed by atoms with E-state index in [-0.39, 0.29) is 11.8 Å². The van der Waals surface area contributed by atoms with Crippen LogP contribution >= 0.6 is 23.2 Å². The Hall–Kier alpha value is -3.62. The maximum Gasteiger partial charge on any atom is 0.326 e. The van der Waals surface area contributed by atoms with E-state index in [1.54, 1.807) is 21.9 Å². The molecule has 1 fully saturated rings. The highest BCUT2D eigenvalue weighted by atomic mass is 35.5. The van der Waals surface area contributed by atoms with Crippen molar-refractivity contribution in [1.29, 1.82) is 5.26 Å². The van der Waals surface area contributed by atoms with Gasteiger partial charge < -0.3 is 9.64 Å². The van der Waals surface area contributed by atoms with Gasteiger partial charge in [-0.05, 0) is 79.9 Å². The third-order valence-corrected chi connectivity index (χ3v) is 10.0. The summed E-state index contributed by atoms with van der Waals surface area (Å²) in [6.45, 7) is 8.39. The largest absolute Gasteiger partial charge is 0.494 e. The highest BCUT2D eigenvalue weighted by Gasteiger charge is 2.44. The van der Waals surface area contributed by atoms with Gasteiger partial charge in [-0.3, -0.25) is 14.8 Å². The third kappa shape index (κ3) is 8.10. The molecule has 5 rings (SSSR count). The molecule has 248 valence electrons. The minimum Gasteiger partial charge on any atom is -0.494 e. The predicted octanol–water partition coefficient (Wildman–Crippen LogP) is 6.52. The number of amides is 2. The van der Waals surface area contributed by atoms with Crippen LogP contribution in [0.5, 0.6) is 5.75 Å². The summed E-state index contributed by atoms with van der Waals surface area (Å²) in [5, 5.41) is 11.2. The van der Waals surface area contributed by atoms with E-state index in [1.165, 1.54) is 6.26 Å². The van der Waals surface area contributed by atoms with Gasteiger partial charge in [-0.1, -0.05) is 47.5 Å². The number of halogens is 2. The number of nitrogens with zero attached hydrogens (tertiary/aromatic N) is 5. The Morgan fingerprint density at radius 2 is 1.57 bits per heavy atom. The van der Waals surface area contributed by atoms with E-state index >= 15 is 0 Å². The van der Waals surface area contributed by atoms with Crippen molar-refractivity contribution in [3.63, 3.8) is 0 Å². The molecule has 0 N–H and O–H groups in total. The molecule has 3 aromatic rings. The molecule has 1 saturated heterocycles. The van der Waals surface area contributed by atoms with E-state index in [0.29, 0.717) is 66.5 Å². The summed E-state index contributed by atoms with van der Waals surface area (Å²) in [5.74, 6) is 1.12. The lowest BCUT2D eigenvalue weighted by Gasteiger charge is -2.39. The highest BCUT2D eigenvalue weighted by molar-refractivity contribution is 7.90. The second kappa shape index (κ2) is 14.2. The molecule has 2 amide bonds. The quantitative estimate of drug-likeness (QED) is 0.252. The molecule has 2 aliphatic heterocycles. The number of rotatable bonds is 9. The molecule has 0 spiro atoms. The summed E-state index contributed by atoms with van der Waals surface area (Å²) < 4.78 is 29.5. The van der Waals surface area contributed by atoms with Gasteiger partial charge in [0.05, 0.1) is 29.9 Å². The summed E-state index contributed by atoms with van der Waals surface area (Å²) in [4.78, 5) is 25.6. The van der Waals surface area contributed by atoms with Gasteiger partial charge >= 0.3 is 6.03 Å². The molecule has 2 heterocycles. The van der Waals surface area contributed by atoms with Crippen molar-refractivity contribution in [3.8, 4) is 11.8 Å². The SMILES string of the molecule is CCOc1cc(C2=N[C@@H](c3ccc(Cl)cc3)[C@@H](c3ccc(Cl)cc3)N2C(=O)N2CCN(CCS(C)(=O)=O)CC2)cc(C(C)(C)C#N)c1. The zero-order valence-electron chi connectivity index (χ0n) is 27.0. The molecule has 3 aromatic carbocycles. The molecule has 12 heteroatoms. The topological polar surface area (TPSA) is 106 Å². The molecule has 0 radical (unpaired) electrons. The molecule has 2 aliphatic rings. The minimum absolute atomic E-state index is 0.0723. The molecular formula is C35H39Cl2N5O4S. The number of hydrogen-bond acceptors (Lipinski definition) is 7. The van der Waals surface area contributed by atoms with Crippen molar-refractivity contribution in [2.24, 2.45) is 4.99 Å². The van der Waals surface area contributed by atoms with Crippen molar-refractivity contribution < 1.29 is 17.9 Å². The van der Waals surface area contributed by atoms with Gasteiger partial charge in [-0.25, -0.2) is 13.2 Å². The lowest BCUT2D eigenvalue weighted by Crippen LogP contribution is -2.54. The molecule has 0 aliphatic carbocycles. The van der Waals surface area contributed by atoms with Crippen LogP contribution < -0.4 is 4.74 Å². The van der Waals surface area contributed by atoms with Crippen molar-refractivity contribution in [1.82, 2.24) is 14.7 Å². The fourth-order valence-corrected chi connectivity index (χ4v) is 6.72. The fraction of sp³-hybridized carbons (Fsp3) is 0.400. The average Bonchev–Trinajstić information content (AvgIpc) is 3.45. The zero-order valence-corrected chi connectivity index (χ0v) is 29.3. The number of carbonyl (C=O) groups excluding carboxylic acids is 1. The Bertz CT molecular complexity index is 1780. The van der Waals surface area contributed by atoms with Crippen LogP contribution in [0.25, 0.3) is 0 Å². The summed E-state index contributed by atoms with van der Waals surface area (Å²) >= 11 is 12.6. The van der Waals surface area contributed by atoms with Crippen molar-refractivity contribution >= 4 is 44.9 Å². The minimum atomic E-state index is -3.10. The Labute approximate surface area is 287 Å². The summed E-state index contributed by atoms with van der Waals surface area (Å²) in [6.07, 6.45) is 1.23. The highest BCUT2D eigenvalue weighted by Crippen LogP contribution is 2.45. The number of hydrogen-bond donors (Lipinski definition) is 0. The van der Waals surface area contributed by atoms with E-state index in [2.05, 4.69) is 11.0 Å². The van der Waals surface area contributed by atoms with E-state index < -0.39 is 27.3 Å². The number of nitriles is 1. The fourth-order valence-electron chi connectivity index (χ4n) is 5.88. The van der Waals surface area contributed by atoms with Crippen LogP contribution in [-0.2, 0) is 15.3 Å². The molecular weight excluding hydrogens is 657 g/mol. The normalized spacial score (nSPS) is 19.0. The first kappa shape index (κ1) is 34.7. The second-order valence-electron chi connectivity index (χ2n) is 12.5. The average molecular weight is 697 g/mol. The van der Waals surface area contributed by atoms with Crippen LogP contribution in [-0.4, -0.2) is 86.3 Å². The maximum absolute atomic E-state index is 14.8. The van der Waals surface area contributed by atoms with Gasteiger partial charge in [-0.2, -0.15) is 5.26 Å². The molecule has 9 nitrogen and oxygen atoms in total. The predicted molar refractivity (Wildman–Crippen MR) is 186 cm³/mol. The van der Waals surface area contributed by atoms with E-state index in [0.717, 1.165) is 16.7 Å². The number of amidine groups is 1. The molecule has 0 saturated carbocycles. The molecule has 0 aromatic heterocycles. The number of sulfone groups is 1. The van der Waals surface area contributed by atoms with Crippen molar-refractivity contribution in [2.45, 2.75) is 38.3 Å². The Kier molecular flexibility index (Phi) is 10.5. The monoisotopic (exact) mass is 695 g/mol. The van der Waals surface area contributed by atoms with E-state index in [1.807, 2.05) is 75.4 Å². The van der Waals surface area contributed by atoms with Crippen LogP contribution in [0.2, 0.25) is 10.0 Å². The number of carbonyl (C=O) groups is 1. The lowest BCUT2D eigenvalue weighted by molar-refractivity contribution is 0.122. The molecule has 0 bridgehead atoms. The number of benzene rings is 3. The Morgan fingerprint density at radius 1 is 0.979 bits per heavy atom. The number of ether oxygens (including phenoxy) is 1.